The summed E-state index contributed by atoms with van der Waals surface area (Å²) in [5.41, 5.74) is 3.82. The summed E-state index contributed by atoms with van der Waals surface area (Å²) in [6.07, 6.45) is 1.77. The topological polar surface area (TPSA) is 59.4 Å². The number of nitrogens with one attached hydrogen (secondary N) is 1. The Hall–Kier alpha value is -3.81. The molecule has 1 aliphatic rings. The number of aromatic nitrogens is 2. The van der Waals surface area contributed by atoms with Crippen LogP contribution in [0, 0.1) is 5.82 Å². The van der Waals surface area contributed by atoms with Crippen LogP contribution in [0.1, 0.15) is 22.0 Å². The zero-order valence-corrected chi connectivity index (χ0v) is 19.3. The van der Waals surface area contributed by atoms with Gasteiger partial charge in [-0.1, -0.05) is 60.7 Å². The Kier molecular flexibility index (Phi) is 6.97. The van der Waals surface area contributed by atoms with Crippen LogP contribution >= 0.6 is 0 Å². The number of ether oxygens (including phenoxy) is 1. The summed E-state index contributed by atoms with van der Waals surface area (Å²) in [7, 11) is 0. The third-order valence-corrected chi connectivity index (χ3v) is 6.22. The van der Waals surface area contributed by atoms with Crippen molar-refractivity contribution < 1.29 is 13.9 Å². The molecule has 0 aliphatic carbocycles. The standard InChI is InChI=1S/C28H27FN4O2/c29-23-13-11-21(12-14-23)26(32-15-17-35-18-16-32)19-30-28(34)25-20-33(24-9-5-2-6-10-24)31-27(25)22-7-3-1-4-8-22/h1-14,20,26H,15-19H2,(H,30,34)/t26-/m0/s1. The fraction of sp³-hybridized carbons (Fsp3) is 0.214. The van der Waals surface area contributed by atoms with Gasteiger partial charge in [0.05, 0.1) is 30.5 Å². The van der Waals surface area contributed by atoms with Crippen LogP contribution < -0.4 is 5.32 Å². The minimum atomic E-state index is -0.278. The molecule has 0 bridgehead atoms. The summed E-state index contributed by atoms with van der Waals surface area (Å²) in [6, 6.07) is 25.8. The Morgan fingerprint density at radius 3 is 2.29 bits per heavy atom. The average Bonchev–Trinajstić information content (AvgIpc) is 3.37. The molecule has 0 unspecified atom stereocenters. The predicted octanol–water partition coefficient (Wildman–Crippen LogP) is 4.48. The van der Waals surface area contributed by atoms with Gasteiger partial charge in [-0.2, -0.15) is 5.10 Å². The van der Waals surface area contributed by atoms with Crippen molar-refractivity contribution in [3.8, 4) is 16.9 Å². The van der Waals surface area contributed by atoms with E-state index in [1.807, 2.05) is 60.7 Å². The summed E-state index contributed by atoms with van der Waals surface area (Å²) in [6.45, 7) is 3.15. The highest BCUT2D eigenvalue weighted by atomic mass is 19.1. The molecule has 0 saturated carbocycles. The lowest BCUT2D eigenvalue weighted by molar-refractivity contribution is 0.0162. The van der Waals surface area contributed by atoms with Crippen LogP contribution in [0.15, 0.2) is 91.1 Å². The summed E-state index contributed by atoms with van der Waals surface area (Å²) < 4.78 is 20.8. The molecule has 1 aliphatic heterocycles. The zero-order valence-electron chi connectivity index (χ0n) is 19.3. The number of benzene rings is 3. The molecule has 0 radical (unpaired) electrons. The first-order valence-corrected chi connectivity index (χ1v) is 11.7. The Morgan fingerprint density at radius 2 is 1.60 bits per heavy atom. The van der Waals surface area contributed by atoms with Gasteiger partial charge in [0, 0.05) is 31.4 Å². The quantitative estimate of drug-likeness (QED) is 0.433. The summed E-state index contributed by atoms with van der Waals surface area (Å²) >= 11 is 0. The largest absolute Gasteiger partial charge is 0.379 e. The summed E-state index contributed by atoms with van der Waals surface area (Å²) in [5.74, 6) is -0.481. The number of morpholine rings is 1. The van der Waals surface area contributed by atoms with E-state index in [9.17, 15) is 9.18 Å². The molecule has 6 nitrogen and oxygen atoms in total. The maximum absolute atomic E-state index is 13.6. The van der Waals surface area contributed by atoms with E-state index < -0.39 is 0 Å². The van der Waals surface area contributed by atoms with E-state index in [-0.39, 0.29) is 17.8 Å². The van der Waals surface area contributed by atoms with E-state index >= 15 is 0 Å². The fourth-order valence-corrected chi connectivity index (χ4v) is 4.38. The Bertz CT molecular complexity index is 1250. The number of rotatable bonds is 7. The molecule has 1 N–H and O–H groups in total. The molecule has 1 atom stereocenters. The van der Waals surface area contributed by atoms with E-state index in [1.165, 1.54) is 12.1 Å². The molecular formula is C28H27FN4O2. The minimum absolute atomic E-state index is 0.0900. The molecule has 1 saturated heterocycles. The molecule has 1 aromatic heterocycles. The second-order valence-corrected chi connectivity index (χ2v) is 8.46. The second-order valence-electron chi connectivity index (χ2n) is 8.46. The number of carbonyl (C=O) groups excluding carboxylic acids is 1. The molecular weight excluding hydrogens is 443 g/mol. The van der Waals surface area contributed by atoms with Gasteiger partial charge in [-0.3, -0.25) is 9.69 Å². The highest BCUT2D eigenvalue weighted by molar-refractivity contribution is 6.00. The molecule has 2 heterocycles. The molecule has 5 rings (SSSR count). The van der Waals surface area contributed by atoms with E-state index in [0.29, 0.717) is 31.0 Å². The van der Waals surface area contributed by atoms with Crippen molar-refractivity contribution in [1.29, 1.82) is 0 Å². The van der Waals surface area contributed by atoms with Crippen molar-refractivity contribution in [2.24, 2.45) is 0 Å². The van der Waals surface area contributed by atoms with Crippen LogP contribution in [0.3, 0.4) is 0 Å². The lowest BCUT2D eigenvalue weighted by Gasteiger charge is -2.35. The SMILES string of the molecule is O=C(NC[C@@H](c1ccc(F)cc1)N1CCOCC1)c1cn(-c2ccccc2)nc1-c1ccccc1. The Balaban J connectivity index is 1.42. The van der Waals surface area contributed by atoms with Crippen molar-refractivity contribution in [3.05, 3.63) is 108 Å². The molecule has 178 valence electrons. The highest BCUT2D eigenvalue weighted by Gasteiger charge is 2.25. The third kappa shape index (κ3) is 5.31. The van der Waals surface area contributed by atoms with Crippen LogP contribution in [0.25, 0.3) is 16.9 Å². The van der Waals surface area contributed by atoms with Gasteiger partial charge in [-0.05, 0) is 29.8 Å². The molecule has 0 spiro atoms. The van der Waals surface area contributed by atoms with Crippen molar-refractivity contribution in [2.75, 3.05) is 32.8 Å². The highest BCUT2D eigenvalue weighted by Crippen LogP contribution is 2.25. The molecule has 1 amide bonds. The third-order valence-electron chi connectivity index (χ3n) is 6.22. The van der Waals surface area contributed by atoms with Gasteiger partial charge in [0.2, 0.25) is 0 Å². The lowest BCUT2D eigenvalue weighted by Crippen LogP contribution is -2.43. The van der Waals surface area contributed by atoms with Crippen LogP contribution in [-0.2, 0) is 4.74 Å². The van der Waals surface area contributed by atoms with Crippen LogP contribution in [-0.4, -0.2) is 53.4 Å². The van der Waals surface area contributed by atoms with Crippen molar-refractivity contribution in [1.82, 2.24) is 20.0 Å². The average molecular weight is 471 g/mol. The van der Waals surface area contributed by atoms with Crippen LogP contribution in [0.4, 0.5) is 4.39 Å². The number of nitrogens with zero attached hydrogens (tertiary/aromatic N) is 3. The first-order valence-electron chi connectivity index (χ1n) is 11.7. The number of para-hydroxylation sites is 1. The second kappa shape index (κ2) is 10.6. The summed E-state index contributed by atoms with van der Waals surface area (Å²) in [4.78, 5) is 15.8. The van der Waals surface area contributed by atoms with Gasteiger partial charge in [0.15, 0.2) is 0 Å². The van der Waals surface area contributed by atoms with E-state index in [4.69, 9.17) is 9.84 Å². The fourth-order valence-electron chi connectivity index (χ4n) is 4.38. The van der Waals surface area contributed by atoms with E-state index in [1.54, 1.807) is 23.0 Å². The van der Waals surface area contributed by atoms with Gasteiger partial charge in [0.25, 0.3) is 5.91 Å². The van der Waals surface area contributed by atoms with Crippen molar-refractivity contribution >= 4 is 5.91 Å². The first kappa shape index (κ1) is 23.0. The van der Waals surface area contributed by atoms with Gasteiger partial charge < -0.3 is 10.1 Å². The lowest BCUT2D eigenvalue weighted by atomic mass is 10.0. The number of carbonyl (C=O) groups is 1. The normalized spacial score (nSPS) is 15.0. The van der Waals surface area contributed by atoms with E-state index in [2.05, 4.69) is 10.2 Å². The monoisotopic (exact) mass is 470 g/mol. The maximum Gasteiger partial charge on any atom is 0.255 e. The molecule has 1 fully saturated rings. The maximum atomic E-state index is 13.6. The molecule has 35 heavy (non-hydrogen) atoms. The number of halogens is 1. The van der Waals surface area contributed by atoms with Crippen LogP contribution in [0.2, 0.25) is 0 Å². The molecule has 7 heteroatoms. The van der Waals surface area contributed by atoms with Crippen molar-refractivity contribution in [2.45, 2.75) is 6.04 Å². The van der Waals surface area contributed by atoms with Crippen LogP contribution in [0.5, 0.6) is 0 Å². The number of hydrogen-bond acceptors (Lipinski definition) is 4. The molecule has 3 aromatic carbocycles. The van der Waals surface area contributed by atoms with Crippen molar-refractivity contribution in [3.63, 3.8) is 0 Å². The number of hydrogen-bond donors (Lipinski definition) is 1. The van der Waals surface area contributed by atoms with Gasteiger partial charge in [0.1, 0.15) is 11.5 Å². The predicted molar refractivity (Wildman–Crippen MR) is 133 cm³/mol. The smallest absolute Gasteiger partial charge is 0.255 e. The summed E-state index contributed by atoms with van der Waals surface area (Å²) in [5, 5.41) is 7.86. The van der Waals surface area contributed by atoms with Gasteiger partial charge >= 0.3 is 0 Å². The number of amides is 1. The minimum Gasteiger partial charge on any atom is -0.379 e. The Morgan fingerprint density at radius 1 is 0.943 bits per heavy atom. The molecule has 4 aromatic rings. The first-order chi connectivity index (χ1) is 17.2. The van der Waals surface area contributed by atoms with E-state index in [0.717, 1.165) is 29.9 Å². The Labute approximate surface area is 204 Å². The van der Waals surface area contributed by atoms with Gasteiger partial charge in [-0.15, -0.1) is 0 Å². The van der Waals surface area contributed by atoms with Gasteiger partial charge in [-0.25, -0.2) is 9.07 Å². The zero-order chi connectivity index (χ0) is 24.0.